The molecule has 3 N–H and O–H groups in total. The van der Waals surface area contributed by atoms with Crippen molar-refractivity contribution in [1.82, 2.24) is 4.98 Å². The van der Waals surface area contributed by atoms with Crippen LogP contribution in [0.3, 0.4) is 0 Å². The van der Waals surface area contributed by atoms with E-state index in [0.717, 1.165) is 6.07 Å². The van der Waals surface area contributed by atoms with Crippen LogP contribution in [0, 0.1) is 5.82 Å². The fourth-order valence-corrected chi connectivity index (χ4v) is 1.94. The zero-order valence-corrected chi connectivity index (χ0v) is 12.4. The van der Waals surface area contributed by atoms with Gasteiger partial charge < -0.3 is 11.1 Å². The Morgan fingerprint density at radius 2 is 2.05 bits per heavy atom. The maximum absolute atomic E-state index is 13.7. The van der Waals surface area contributed by atoms with Crippen LogP contribution in [0.4, 0.5) is 15.9 Å². The number of nitrogens with two attached hydrogens (primary N) is 1. The van der Waals surface area contributed by atoms with Gasteiger partial charge in [-0.15, -0.1) is 0 Å². The second kappa shape index (κ2) is 6.10. The second-order valence-corrected chi connectivity index (χ2v) is 5.37. The Morgan fingerprint density at radius 3 is 2.67 bits per heavy atom. The first kappa shape index (κ1) is 15.3. The molecule has 0 fully saturated rings. The van der Waals surface area contributed by atoms with Gasteiger partial charge in [-0.05, 0) is 36.2 Å². The van der Waals surface area contributed by atoms with E-state index in [4.69, 9.17) is 17.3 Å². The summed E-state index contributed by atoms with van der Waals surface area (Å²) in [5.41, 5.74) is 6.80. The van der Waals surface area contributed by atoms with Crippen LogP contribution in [0.5, 0.6) is 0 Å². The van der Waals surface area contributed by atoms with E-state index in [2.05, 4.69) is 10.3 Å². The van der Waals surface area contributed by atoms with E-state index in [0.29, 0.717) is 11.3 Å². The molecule has 2 rings (SSSR count). The van der Waals surface area contributed by atoms with E-state index in [1.807, 2.05) is 13.8 Å². The number of pyridine rings is 1. The van der Waals surface area contributed by atoms with Gasteiger partial charge in [0, 0.05) is 16.3 Å². The van der Waals surface area contributed by atoms with Gasteiger partial charge in [0.15, 0.2) is 0 Å². The second-order valence-electron chi connectivity index (χ2n) is 4.94. The Balaban J connectivity index is 2.28. The number of carbonyl (C=O) groups is 1. The highest BCUT2D eigenvalue weighted by Crippen LogP contribution is 2.21. The van der Waals surface area contributed by atoms with Crippen LogP contribution in [0.25, 0.3) is 0 Å². The lowest BCUT2D eigenvalue weighted by Crippen LogP contribution is -2.14. The minimum absolute atomic E-state index is 0.0610. The summed E-state index contributed by atoms with van der Waals surface area (Å²) in [7, 11) is 0. The third kappa shape index (κ3) is 3.70. The fraction of sp³-hybridized carbons (Fsp3) is 0.200. The predicted molar refractivity (Wildman–Crippen MR) is 82.1 cm³/mol. The predicted octanol–water partition coefficient (Wildman–Crippen LogP) is 3.83. The minimum atomic E-state index is -0.595. The van der Waals surface area contributed by atoms with Gasteiger partial charge in [0.1, 0.15) is 11.6 Å². The van der Waals surface area contributed by atoms with Crippen molar-refractivity contribution in [2.75, 3.05) is 11.1 Å². The van der Waals surface area contributed by atoms with Crippen LogP contribution < -0.4 is 11.1 Å². The van der Waals surface area contributed by atoms with E-state index in [1.165, 1.54) is 18.2 Å². The number of aromatic nitrogens is 1. The molecule has 0 atom stereocenters. The number of nitrogens with one attached hydrogen (secondary N) is 1. The number of hydrogen-bond acceptors (Lipinski definition) is 3. The van der Waals surface area contributed by atoms with Crippen LogP contribution in [0.1, 0.15) is 35.8 Å². The lowest BCUT2D eigenvalue weighted by atomic mass is 10.1. The number of rotatable bonds is 3. The molecule has 0 aliphatic rings. The van der Waals surface area contributed by atoms with E-state index in [-0.39, 0.29) is 22.4 Å². The maximum Gasteiger partial charge on any atom is 0.255 e. The Hall–Kier alpha value is -2.14. The van der Waals surface area contributed by atoms with Gasteiger partial charge in [0.2, 0.25) is 0 Å². The standard InChI is InChI=1S/C15H15ClFN3O/c1-8(2)13-5-9(6-14(18)19-13)15(21)20-12-4-3-10(16)7-11(12)17/h3-8H,1-2H3,(H2,18,19)(H,20,21). The summed E-state index contributed by atoms with van der Waals surface area (Å²) in [6, 6.07) is 7.14. The number of amides is 1. The minimum Gasteiger partial charge on any atom is -0.384 e. The molecule has 0 aliphatic heterocycles. The van der Waals surface area contributed by atoms with Gasteiger partial charge in [-0.3, -0.25) is 4.79 Å². The largest absolute Gasteiger partial charge is 0.384 e. The van der Waals surface area contributed by atoms with E-state index < -0.39 is 11.7 Å². The monoisotopic (exact) mass is 307 g/mol. The zero-order valence-electron chi connectivity index (χ0n) is 11.7. The number of nitrogen functional groups attached to an aromatic ring is 1. The lowest BCUT2D eigenvalue weighted by Gasteiger charge is -2.10. The maximum atomic E-state index is 13.7. The van der Waals surface area contributed by atoms with Crippen molar-refractivity contribution in [2.45, 2.75) is 19.8 Å². The molecule has 0 spiro atoms. The van der Waals surface area contributed by atoms with E-state index in [9.17, 15) is 9.18 Å². The fourth-order valence-electron chi connectivity index (χ4n) is 1.79. The van der Waals surface area contributed by atoms with E-state index in [1.54, 1.807) is 6.07 Å². The molecule has 4 nitrogen and oxygen atoms in total. The summed E-state index contributed by atoms with van der Waals surface area (Å²) in [5.74, 6) is -0.663. The Morgan fingerprint density at radius 1 is 1.33 bits per heavy atom. The molecule has 2 aromatic rings. The molecule has 0 bridgehead atoms. The van der Waals surface area contributed by atoms with Crippen molar-refractivity contribution in [3.8, 4) is 0 Å². The van der Waals surface area contributed by atoms with Gasteiger partial charge in [-0.25, -0.2) is 9.37 Å². The third-order valence-electron chi connectivity index (χ3n) is 2.90. The quantitative estimate of drug-likeness (QED) is 0.905. The number of halogens is 2. The molecule has 0 saturated heterocycles. The molecule has 1 aromatic heterocycles. The Kier molecular flexibility index (Phi) is 4.43. The highest BCUT2D eigenvalue weighted by atomic mass is 35.5. The molecule has 110 valence electrons. The number of benzene rings is 1. The molecular weight excluding hydrogens is 293 g/mol. The van der Waals surface area contributed by atoms with Gasteiger partial charge in [-0.1, -0.05) is 25.4 Å². The molecule has 0 radical (unpaired) electrons. The topological polar surface area (TPSA) is 68.0 Å². The molecule has 1 aromatic carbocycles. The van der Waals surface area contributed by atoms with Crippen LogP contribution in [-0.2, 0) is 0 Å². The summed E-state index contributed by atoms with van der Waals surface area (Å²) >= 11 is 5.67. The molecule has 1 amide bonds. The Bertz CT molecular complexity index is 689. The number of hydrogen-bond donors (Lipinski definition) is 2. The molecule has 0 aliphatic carbocycles. The first-order valence-corrected chi connectivity index (χ1v) is 6.78. The van der Waals surface area contributed by atoms with Gasteiger partial charge in [-0.2, -0.15) is 0 Å². The van der Waals surface area contributed by atoms with Gasteiger partial charge >= 0.3 is 0 Å². The van der Waals surface area contributed by atoms with Crippen LogP contribution in [-0.4, -0.2) is 10.9 Å². The molecule has 0 saturated carbocycles. The number of anilines is 2. The van der Waals surface area contributed by atoms with Crippen molar-refractivity contribution >= 4 is 29.0 Å². The smallest absolute Gasteiger partial charge is 0.255 e. The first-order valence-electron chi connectivity index (χ1n) is 6.40. The highest BCUT2D eigenvalue weighted by Gasteiger charge is 2.13. The Labute approximate surface area is 127 Å². The van der Waals surface area contributed by atoms with Crippen LogP contribution >= 0.6 is 11.6 Å². The lowest BCUT2D eigenvalue weighted by molar-refractivity contribution is 0.102. The normalized spacial score (nSPS) is 10.7. The van der Waals surface area contributed by atoms with Crippen molar-refractivity contribution in [3.63, 3.8) is 0 Å². The van der Waals surface area contributed by atoms with Crippen molar-refractivity contribution in [1.29, 1.82) is 0 Å². The zero-order chi connectivity index (χ0) is 15.6. The molecule has 21 heavy (non-hydrogen) atoms. The SMILES string of the molecule is CC(C)c1cc(C(=O)Nc2ccc(Cl)cc2F)cc(N)n1. The molecular formula is C15H15ClFN3O. The van der Waals surface area contributed by atoms with Crippen LogP contribution in [0.2, 0.25) is 5.02 Å². The van der Waals surface area contributed by atoms with Gasteiger partial charge in [0.25, 0.3) is 5.91 Å². The van der Waals surface area contributed by atoms with Crippen LogP contribution in [0.15, 0.2) is 30.3 Å². The summed E-state index contributed by atoms with van der Waals surface area (Å²) in [6.45, 7) is 3.89. The summed E-state index contributed by atoms with van der Waals surface area (Å²) in [4.78, 5) is 16.3. The molecule has 1 heterocycles. The van der Waals surface area contributed by atoms with Crippen molar-refractivity contribution in [2.24, 2.45) is 0 Å². The van der Waals surface area contributed by atoms with Crippen molar-refractivity contribution in [3.05, 3.63) is 52.4 Å². The summed E-state index contributed by atoms with van der Waals surface area (Å²) in [6.07, 6.45) is 0. The average Bonchev–Trinajstić information content (AvgIpc) is 2.41. The highest BCUT2D eigenvalue weighted by molar-refractivity contribution is 6.30. The van der Waals surface area contributed by atoms with Crippen molar-refractivity contribution < 1.29 is 9.18 Å². The number of nitrogens with zero attached hydrogens (tertiary/aromatic N) is 1. The summed E-state index contributed by atoms with van der Waals surface area (Å²) in [5, 5.41) is 2.76. The molecule has 0 unspecified atom stereocenters. The summed E-state index contributed by atoms with van der Waals surface area (Å²) < 4.78 is 13.7. The van der Waals surface area contributed by atoms with Gasteiger partial charge in [0.05, 0.1) is 5.69 Å². The first-order chi connectivity index (χ1) is 9.86. The van der Waals surface area contributed by atoms with E-state index >= 15 is 0 Å². The average molecular weight is 308 g/mol. The third-order valence-corrected chi connectivity index (χ3v) is 3.13. The number of carbonyl (C=O) groups excluding carboxylic acids is 1. The molecule has 6 heteroatoms.